The molecule has 2 aromatic heterocycles. The van der Waals surface area contributed by atoms with Crippen LogP contribution in [0.3, 0.4) is 0 Å². The Morgan fingerprint density at radius 1 is 1.31 bits per heavy atom. The molecule has 1 aromatic carbocycles. The Bertz CT molecular complexity index is 1040. The number of ether oxygens (including phenoxy) is 1. The summed E-state index contributed by atoms with van der Waals surface area (Å²) in [5.41, 5.74) is 2.30. The molecule has 4 rings (SSSR count). The highest BCUT2D eigenvalue weighted by Crippen LogP contribution is 2.40. The molecule has 0 fully saturated rings. The topological polar surface area (TPSA) is 99.0 Å². The van der Waals surface area contributed by atoms with Crippen LogP contribution in [-0.4, -0.2) is 39.2 Å². The standard InChI is InChI=1S/C20H21N5O3S/c1-12-8-9-14-15(10-12)29-19(17(14)20(27)28-2)21-16(26)11-25-23-18(22-24-25)13-6-4-3-5-7-13/h3-7,12H,8-11H2,1-2H3,(H,21,26)/t12-/m0/s1. The number of fused-ring (bicyclic) bond motifs is 1. The van der Waals surface area contributed by atoms with Crippen LogP contribution in [-0.2, 0) is 28.9 Å². The van der Waals surface area contributed by atoms with Crippen LogP contribution < -0.4 is 5.32 Å². The van der Waals surface area contributed by atoms with Gasteiger partial charge < -0.3 is 10.1 Å². The molecule has 0 spiro atoms. The second-order valence-corrected chi connectivity index (χ2v) is 8.21. The lowest BCUT2D eigenvalue weighted by molar-refractivity contribution is -0.117. The van der Waals surface area contributed by atoms with Crippen LogP contribution in [0, 0.1) is 5.92 Å². The van der Waals surface area contributed by atoms with Gasteiger partial charge in [-0.25, -0.2) is 4.79 Å². The predicted molar refractivity (Wildman–Crippen MR) is 109 cm³/mol. The number of aromatic nitrogens is 4. The normalized spacial score (nSPS) is 15.6. The van der Waals surface area contributed by atoms with Crippen LogP contribution in [0.25, 0.3) is 11.4 Å². The zero-order valence-electron chi connectivity index (χ0n) is 16.2. The number of nitrogens with zero attached hydrogens (tertiary/aromatic N) is 4. The van der Waals surface area contributed by atoms with Crippen molar-refractivity contribution in [3.05, 3.63) is 46.3 Å². The SMILES string of the molecule is COC(=O)c1c(NC(=O)Cn2nnc(-c3ccccc3)n2)sc2c1CC[C@H](C)C2. The summed E-state index contributed by atoms with van der Waals surface area (Å²) in [5, 5.41) is 15.6. The highest BCUT2D eigenvalue weighted by molar-refractivity contribution is 7.17. The maximum Gasteiger partial charge on any atom is 0.341 e. The first-order valence-corrected chi connectivity index (χ1v) is 10.2. The number of methoxy groups -OCH3 is 1. The molecule has 150 valence electrons. The van der Waals surface area contributed by atoms with Gasteiger partial charge in [0.15, 0.2) is 0 Å². The first-order valence-electron chi connectivity index (χ1n) is 9.41. The van der Waals surface area contributed by atoms with Gasteiger partial charge in [0.2, 0.25) is 11.7 Å². The van der Waals surface area contributed by atoms with E-state index in [9.17, 15) is 9.59 Å². The minimum Gasteiger partial charge on any atom is -0.465 e. The zero-order chi connectivity index (χ0) is 20.4. The molecule has 0 bridgehead atoms. The van der Waals surface area contributed by atoms with Crippen LogP contribution in [0.2, 0.25) is 0 Å². The molecule has 0 saturated heterocycles. The van der Waals surface area contributed by atoms with Crippen LogP contribution in [0.15, 0.2) is 30.3 Å². The second-order valence-electron chi connectivity index (χ2n) is 7.11. The Morgan fingerprint density at radius 3 is 2.86 bits per heavy atom. The Balaban J connectivity index is 1.52. The Morgan fingerprint density at radius 2 is 2.10 bits per heavy atom. The lowest BCUT2D eigenvalue weighted by atomic mass is 9.88. The monoisotopic (exact) mass is 411 g/mol. The largest absolute Gasteiger partial charge is 0.465 e. The van der Waals surface area contributed by atoms with Crippen molar-refractivity contribution >= 4 is 28.2 Å². The number of rotatable bonds is 5. The molecule has 0 radical (unpaired) electrons. The van der Waals surface area contributed by atoms with Crippen molar-refractivity contribution in [3.8, 4) is 11.4 Å². The summed E-state index contributed by atoms with van der Waals surface area (Å²) in [6, 6.07) is 9.43. The van der Waals surface area contributed by atoms with E-state index in [4.69, 9.17) is 4.74 Å². The molecule has 9 heteroatoms. The van der Waals surface area contributed by atoms with Crippen LogP contribution in [0.5, 0.6) is 0 Å². The Kier molecular flexibility index (Phi) is 5.39. The van der Waals surface area contributed by atoms with Crippen molar-refractivity contribution < 1.29 is 14.3 Å². The number of carbonyl (C=O) groups is 2. The molecule has 8 nitrogen and oxygen atoms in total. The molecule has 1 N–H and O–H groups in total. The third-order valence-corrected chi connectivity index (χ3v) is 6.09. The summed E-state index contributed by atoms with van der Waals surface area (Å²) < 4.78 is 4.96. The first-order chi connectivity index (χ1) is 14.0. The number of esters is 1. The van der Waals surface area contributed by atoms with E-state index in [1.807, 2.05) is 30.3 Å². The zero-order valence-corrected chi connectivity index (χ0v) is 17.0. The predicted octanol–water partition coefficient (Wildman–Crippen LogP) is 2.95. The van der Waals surface area contributed by atoms with Crippen molar-refractivity contribution in [1.82, 2.24) is 20.2 Å². The minimum atomic E-state index is -0.419. The average molecular weight is 411 g/mol. The third kappa shape index (κ3) is 4.04. The molecule has 1 amide bonds. The quantitative estimate of drug-likeness (QED) is 0.648. The van der Waals surface area contributed by atoms with Gasteiger partial charge in [0.1, 0.15) is 11.5 Å². The lowest BCUT2D eigenvalue weighted by Crippen LogP contribution is -2.21. The Labute approximate surface area is 171 Å². The molecular formula is C20H21N5O3S. The summed E-state index contributed by atoms with van der Waals surface area (Å²) in [6.45, 7) is 2.10. The van der Waals surface area contributed by atoms with Gasteiger partial charge in [-0.1, -0.05) is 37.3 Å². The van der Waals surface area contributed by atoms with Gasteiger partial charge >= 0.3 is 5.97 Å². The summed E-state index contributed by atoms with van der Waals surface area (Å²) >= 11 is 1.45. The van der Waals surface area contributed by atoms with Gasteiger partial charge in [-0.05, 0) is 36.0 Å². The minimum absolute atomic E-state index is 0.0978. The maximum absolute atomic E-state index is 12.6. The van der Waals surface area contributed by atoms with Gasteiger partial charge in [-0.3, -0.25) is 4.79 Å². The van der Waals surface area contributed by atoms with Crippen molar-refractivity contribution in [2.75, 3.05) is 12.4 Å². The molecule has 1 atom stereocenters. The van der Waals surface area contributed by atoms with Crippen molar-refractivity contribution in [1.29, 1.82) is 0 Å². The van der Waals surface area contributed by atoms with Crippen LogP contribution in [0.1, 0.15) is 34.1 Å². The maximum atomic E-state index is 12.6. The molecule has 29 heavy (non-hydrogen) atoms. The third-order valence-electron chi connectivity index (χ3n) is 4.92. The Hall–Kier alpha value is -3.07. The molecule has 0 aliphatic heterocycles. The van der Waals surface area contributed by atoms with E-state index in [0.29, 0.717) is 22.3 Å². The number of benzene rings is 1. The molecule has 1 aliphatic rings. The summed E-state index contributed by atoms with van der Waals surface area (Å²) in [4.78, 5) is 27.3. The van der Waals surface area contributed by atoms with E-state index < -0.39 is 5.97 Å². The van der Waals surface area contributed by atoms with Crippen LogP contribution in [0.4, 0.5) is 5.00 Å². The fourth-order valence-corrected chi connectivity index (χ4v) is 4.88. The molecule has 1 aliphatic carbocycles. The number of thiophene rings is 1. The number of carbonyl (C=O) groups excluding carboxylic acids is 2. The van der Waals surface area contributed by atoms with E-state index in [1.54, 1.807) is 0 Å². The van der Waals surface area contributed by atoms with E-state index in [2.05, 4.69) is 27.7 Å². The van der Waals surface area contributed by atoms with Crippen LogP contribution >= 0.6 is 11.3 Å². The van der Waals surface area contributed by atoms with E-state index in [0.717, 1.165) is 35.3 Å². The molecule has 2 heterocycles. The second kappa shape index (κ2) is 8.12. The molecular weight excluding hydrogens is 390 g/mol. The number of hydrogen-bond acceptors (Lipinski definition) is 7. The lowest BCUT2D eigenvalue weighted by Gasteiger charge is -2.18. The summed E-state index contributed by atoms with van der Waals surface area (Å²) in [6.07, 6.45) is 2.75. The number of amides is 1. The fraction of sp³-hybridized carbons (Fsp3) is 0.350. The van der Waals surface area contributed by atoms with Crippen molar-refractivity contribution in [2.45, 2.75) is 32.7 Å². The number of hydrogen-bond donors (Lipinski definition) is 1. The van der Waals surface area contributed by atoms with E-state index in [-0.39, 0.29) is 12.5 Å². The summed E-state index contributed by atoms with van der Waals surface area (Å²) in [5.74, 6) is 0.275. The van der Waals surface area contributed by atoms with Gasteiger partial charge in [0, 0.05) is 10.4 Å². The molecule has 0 saturated carbocycles. The number of anilines is 1. The van der Waals surface area contributed by atoms with E-state index in [1.165, 1.54) is 23.2 Å². The van der Waals surface area contributed by atoms with Crippen molar-refractivity contribution in [2.24, 2.45) is 5.92 Å². The van der Waals surface area contributed by atoms with E-state index >= 15 is 0 Å². The fourth-order valence-electron chi connectivity index (χ4n) is 3.46. The molecule has 3 aromatic rings. The van der Waals surface area contributed by atoms with Crippen molar-refractivity contribution in [3.63, 3.8) is 0 Å². The van der Waals surface area contributed by atoms with Gasteiger partial charge in [0.05, 0.1) is 12.7 Å². The van der Waals surface area contributed by atoms with Gasteiger partial charge in [0.25, 0.3) is 0 Å². The number of tetrazole rings is 1. The smallest absolute Gasteiger partial charge is 0.341 e. The molecule has 0 unspecified atom stereocenters. The highest BCUT2D eigenvalue weighted by Gasteiger charge is 2.29. The summed E-state index contributed by atoms with van der Waals surface area (Å²) in [7, 11) is 1.36. The van der Waals surface area contributed by atoms with Gasteiger partial charge in [-0.2, -0.15) is 4.80 Å². The first kappa shape index (κ1) is 19.3. The average Bonchev–Trinajstić information content (AvgIpc) is 3.32. The number of nitrogens with one attached hydrogen (secondary N) is 1. The highest BCUT2D eigenvalue weighted by atomic mass is 32.1. The van der Waals surface area contributed by atoms with Gasteiger partial charge in [-0.15, -0.1) is 21.5 Å².